The number of carbonyl (C=O) groups is 6. The number of likely N-dealkylation sites (N-methyl/N-ethyl adjacent to an activating group) is 2. The van der Waals surface area contributed by atoms with E-state index in [0.717, 1.165) is 38.8 Å². The summed E-state index contributed by atoms with van der Waals surface area (Å²) in [5.41, 5.74) is 0. The van der Waals surface area contributed by atoms with Gasteiger partial charge >= 0.3 is 6.03 Å². The Labute approximate surface area is 370 Å². The molecule has 6 N–H and O–H groups in total. The van der Waals surface area contributed by atoms with E-state index in [1.807, 2.05) is 46.7 Å². The van der Waals surface area contributed by atoms with Crippen LogP contribution in [0, 0.1) is 23.7 Å². The lowest BCUT2D eigenvalue weighted by atomic mass is 9.90. The molecule has 0 aromatic heterocycles. The van der Waals surface area contributed by atoms with Gasteiger partial charge in [-0.2, -0.15) is 0 Å². The van der Waals surface area contributed by atoms with Gasteiger partial charge in [0.2, 0.25) is 29.5 Å². The van der Waals surface area contributed by atoms with Gasteiger partial charge in [-0.25, -0.2) is 4.79 Å². The largest absolute Gasteiger partial charge is 0.379 e. The monoisotopic (exact) mass is 884 g/mol. The number of piperidine rings is 1. The number of ether oxygens (including phenoxy) is 4. The molecule has 2 heterocycles. The van der Waals surface area contributed by atoms with E-state index >= 15 is 0 Å². The third-order valence-corrected chi connectivity index (χ3v) is 12.1. The number of methoxy groups -OCH3 is 2. The van der Waals surface area contributed by atoms with Crippen molar-refractivity contribution >= 4 is 35.6 Å². The summed E-state index contributed by atoms with van der Waals surface area (Å²) in [6, 6.07) is -1.41. The second-order valence-corrected chi connectivity index (χ2v) is 17.1. The highest BCUT2D eigenvalue weighted by Crippen LogP contribution is 2.29. The SMILES string of the molecule is CC[C@H](C)[C@@H](C(CC(=O)N1CCC[C@H]1C(OC)[C@@H](C)C(=O)NCC(=O)NCCOCCOCCNC(=O)NCC1CCNCC1)OC)N(C)C(=O)CNC(=O)C(C(C)C)N(C)C. The molecule has 0 spiro atoms. The molecule has 0 aromatic rings. The summed E-state index contributed by atoms with van der Waals surface area (Å²) in [7, 11) is 8.39. The average molecular weight is 884 g/mol. The molecule has 0 aliphatic carbocycles. The molecule has 0 radical (unpaired) electrons. The van der Waals surface area contributed by atoms with Gasteiger partial charge in [-0.05, 0) is 70.6 Å². The van der Waals surface area contributed by atoms with Crippen LogP contribution >= 0.6 is 0 Å². The lowest BCUT2D eigenvalue weighted by Crippen LogP contribution is -2.55. The van der Waals surface area contributed by atoms with Crippen molar-refractivity contribution in [1.29, 1.82) is 0 Å². The Hall–Kier alpha value is -3.62. The Bertz CT molecular complexity index is 1360. The highest BCUT2D eigenvalue weighted by Gasteiger charge is 2.42. The molecule has 2 fully saturated rings. The Morgan fingerprint density at radius 3 is 1.98 bits per heavy atom. The number of hydrogen-bond acceptors (Lipinski definition) is 12. The molecule has 7 amide bonds. The second kappa shape index (κ2) is 29.7. The first-order valence-electron chi connectivity index (χ1n) is 22.5. The van der Waals surface area contributed by atoms with E-state index in [-0.39, 0.29) is 92.1 Å². The number of hydrogen-bond donors (Lipinski definition) is 6. The molecule has 0 bridgehead atoms. The maximum absolute atomic E-state index is 14.0. The molecule has 2 rings (SSSR count). The van der Waals surface area contributed by atoms with Crippen LogP contribution in [0.1, 0.15) is 73.1 Å². The van der Waals surface area contributed by atoms with Crippen LogP contribution in [0.3, 0.4) is 0 Å². The number of likely N-dealkylation sites (tertiary alicyclic amines) is 1. The summed E-state index contributed by atoms with van der Waals surface area (Å²) in [5, 5.41) is 17.2. The lowest BCUT2D eigenvalue weighted by molar-refractivity contribution is -0.146. The van der Waals surface area contributed by atoms with Gasteiger partial charge in [0, 0.05) is 47.4 Å². The molecule has 19 heteroatoms. The number of urea groups is 1. The van der Waals surface area contributed by atoms with Crippen molar-refractivity contribution < 1.29 is 47.7 Å². The molecule has 19 nitrogen and oxygen atoms in total. The van der Waals surface area contributed by atoms with Gasteiger partial charge in [-0.1, -0.05) is 41.0 Å². The Morgan fingerprint density at radius 2 is 1.40 bits per heavy atom. The highest BCUT2D eigenvalue weighted by atomic mass is 16.5. The van der Waals surface area contributed by atoms with E-state index in [1.54, 1.807) is 23.8 Å². The number of carbonyl (C=O) groups excluding carboxylic acids is 6. The molecule has 2 aliphatic rings. The topological polar surface area (TPSA) is 221 Å². The fourth-order valence-electron chi connectivity index (χ4n) is 8.45. The van der Waals surface area contributed by atoms with Crippen molar-refractivity contribution in [2.45, 2.75) is 103 Å². The van der Waals surface area contributed by atoms with Crippen molar-refractivity contribution in [3.63, 3.8) is 0 Å². The van der Waals surface area contributed by atoms with E-state index in [2.05, 4.69) is 31.9 Å². The number of nitrogens with zero attached hydrogens (tertiary/aromatic N) is 3. The molecule has 0 saturated carbocycles. The van der Waals surface area contributed by atoms with Crippen LogP contribution in [-0.2, 0) is 42.9 Å². The third kappa shape index (κ3) is 18.6. The van der Waals surface area contributed by atoms with Gasteiger partial charge in [-0.3, -0.25) is 28.9 Å². The molecular weight excluding hydrogens is 803 g/mol. The van der Waals surface area contributed by atoms with Gasteiger partial charge in [0.05, 0.1) is 82.2 Å². The molecule has 3 unspecified atom stereocenters. The van der Waals surface area contributed by atoms with E-state index in [4.69, 9.17) is 18.9 Å². The minimum absolute atomic E-state index is 0.00638. The van der Waals surface area contributed by atoms with Crippen molar-refractivity contribution in [3.05, 3.63) is 0 Å². The maximum Gasteiger partial charge on any atom is 0.314 e. The van der Waals surface area contributed by atoms with Crippen LogP contribution in [0.4, 0.5) is 4.79 Å². The van der Waals surface area contributed by atoms with Crippen molar-refractivity contribution in [2.24, 2.45) is 23.7 Å². The summed E-state index contributed by atoms with van der Waals surface area (Å²) < 4.78 is 22.8. The Morgan fingerprint density at radius 1 is 0.774 bits per heavy atom. The van der Waals surface area contributed by atoms with Crippen LogP contribution in [-0.4, -0.2) is 195 Å². The fourth-order valence-corrected chi connectivity index (χ4v) is 8.45. The van der Waals surface area contributed by atoms with Crippen LogP contribution in [0.15, 0.2) is 0 Å². The Kier molecular flexibility index (Phi) is 26.1. The minimum Gasteiger partial charge on any atom is -0.379 e. The van der Waals surface area contributed by atoms with Gasteiger partial charge in [-0.15, -0.1) is 0 Å². The number of rotatable bonds is 29. The average Bonchev–Trinajstić information content (AvgIpc) is 3.74. The normalized spacial score (nSPS) is 18.6. The summed E-state index contributed by atoms with van der Waals surface area (Å²) in [6.45, 7) is 14.3. The molecule has 2 aliphatic heterocycles. The maximum atomic E-state index is 14.0. The first-order chi connectivity index (χ1) is 29.6. The van der Waals surface area contributed by atoms with Crippen LogP contribution in [0.25, 0.3) is 0 Å². The lowest BCUT2D eigenvalue weighted by Gasteiger charge is -2.39. The smallest absolute Gasteiger partial charge is 0.314 e. The van der Waals surface area contributed by atoms with Crippen LogP contribution < -0.4 is 31.9 Å². The third-order valence-electron chi connectivity index (χ3n) is 12.1. The molecule has 0 aromatic carbocycles. The fraction of sp³-hybridized carbons (Fsp3) is 0.860. The second-order valence-electron chi connectivity index (χ2n) is 17.1. The van der Waals surface area contributed by atoms with E-state index in [0.29, 0.717) is 51.8 Å². The van der Waals surface area contributed by atoms with Crippen molar-refractivity contribution in [1.82, 2.24) is 46.6 Å². The molecular formula is C43H81N9O10. The van der Waals surface area contributed by atoms with E-state index in [1.165, 1.54) is 14.2 Å². The van der Waals surface area contributed by atoms with Gasteiger partial charge in [0.1, 0.15) is 0 Å². The van der Waals surface area contributed by atoms with Crippen molar-refractivity contribution in [2.75, 3.05) is 114 Å². The minimum atomic E-state index is -0.675. The van der Waals surface area contributed by atoms with Crippen LogP contribution in [0.5, 0.6) is 0 Å². The highest BCUT2D eigenvalue weighted by molar-refractivity contribution is 5.88. The summed E-state index contributed by atoms with van der Waals surface area (Å²) in [5.74, 6) is -1.56. The number of amides is 7. The van der Waals surface area contributed by atoms with E-state index in [9.17, 15) is 28.8 Å². The standard InChI is InChI=1S/C43H81N9O10/c1-11-30(4)39(51(8)37(55)28-48-42(57)38(29(2)3)50(6)7)34(59-9)25-36(54)52-20-12-13-33(52)40(60-10)31(5)41(56)47-27-35(53)45-18-21-61-23-24-62-22-19-46-43(58)49-26-32-14-16-44-17-15-32/h29-34,38-40,44H,11-28H2,1-10H3,(H,45,53)(H,47,56)(H,48,57)(H2,46,49,58)/t30-,31+,33-,34?,38?,39-,40?/m0/s1. The number of nitrogens with one attached hydrogen (secondary N) is 6. The Balaban J connectivity index is 1.78. The van der Waals surface area contributed by atoms with Gasteiger partial charge in [0.25, 0.3) is 0 Å². The quantitative estimate of drug-likeness (QED) is 0.0555. The zero-order valence-electron chi connectivity index (χ0n) is 39.3. The molecule has 7 atom stereocenters. The predicted molar refractivity (Wildman–Crippen MR) is 236 cm³/mol. The zero-order valence-corrected chi connectivity index (χ0v) is 39.3. The molecule has 2 saturated heterocycles. The van der Waals surface area contributed by atoms with Crippen LogP contribution in [0.2, 0.25) is 0 Å². The van der Waals surface area contributed by atoms with Gasteiger partial charge < -0.3 is 60.6 Å². The summed E-state index contributed by atoms with van der Waals surface area (Å²) in [6.07, 6.45) is 2.97. The zero-order chi connectivity index (χ0) is 46.2. The predicted octanol–water partition coefficient (Wildman–Crippen LogP) is 0.173. The molecule has 62 heavy (non-hydrogen) atoms. The van der Waals surface area contributed by atoms with E-state index < -0.39 is 24.2 Å². The van der Waals surface area contributed by atoms with Gasteiger partial charge in [0.15, 0.2) is 0 Å². The molecule has 358 valence electrons. The summed E-state index contributed by atoms with van der Waals surface area (Å²) in [4.78, 5) is 83.3. The first-order valence-corrected chi connectivity index (χ1v) is 22.5. The summed E-state index contributed by atoms with van der Waals surface area (Å²) >= 11 is 0. The first kappa shape index (κ1) is 54.5. The van der Waals surface area contributed by atoms with Crippen molar-refractivity contribution in [3.8, 4) is 0 Å².